The normalized spacial score (nSPS) is 28.9. The van der Waals surface area contributed by atoms with Crippen molar-refractivity contribution in [3.8, 4) is 0 Å². The highest BCUT2D eigenvalue weighted by Gasteiger charge is 2.44. The van der Waals surface area contributed by atoms with Crippen molar-refractivity contribution in [2.24, 2.45) is 0 Å². The first-order chi connectivity index (χ1) is 10.1. The largest absolute Gasteiger partial charge is 0.465 e. The first-order valence-electron chi connectivity index (χ1n) is 6.13. The molecule has 1 saturated heterocycles. The van der Waals surface area contributed by atoms with Crippen LogP contribution in [-0.2, 0) is 14.3 Å². The van der Waals surface area contributed by atoms with Crippen LogP contribution in [0.5, 0.6) is 0 Å². The average Bonchev–Trinajstić information content (AvgIpc) is 3.02. The maximum absolute atomic E-state index is 10.2. The van der Waals surface area contributed by atoms with E-state index in [0.717, 1.165) is 0 Å². The number of fused-ring (bicyclic) bond motifs is 1. The van der Waals surface area contributed by atoms with Gasteiger partial charge in [0.2, 0.25) is 0 Å². The first-order valence-corrected chi connectivity index (χ1v) is 6.13. The molecule has 21 heavy (non-hydrogen) atoms. The molecule has 10 heteroatoms. The fourth-order valence-electron chi connectivity index (χ4n) is 2.29. The molecule has 0 unspecified atom stereocenters. The van der Waals surface area contributed by atoms with E-state index in [1.165, 1.54) is 17.2 Å². The molecule has 0 aromatic carbocycles. The molecule has 2 aromatic heterocycles. The molecule has 10 nitrogen and oxygen atoms in total. The predicted molar refractivity (Wildman–Crippen MR) is 67.7 cm³/mol. The molecule has 0 bridgehead atoms. The van der Waals surface area contributed by atoms with Gasteiger partial charge in [0.15, 0.2) is 17.7 Å². The minimum absolute atomic E-state index is 0.165. The van der Waals surface area contributed by atoms with Gasteiger partial charge in [-0.15, -0.1) is 0 Å². The number of ether oxygens (including phenoxy) is 2. The summed E-state index contributed by atoms with van der Waals surface area (Å²) < 4.78 is 11.5. The summed E-state index contributed by atoms with van der Waals surface area (Å²) in [4.78, 5) is 22.1. The number of imidazole rings is 1. The summed E-state index contributed by atoms with van der Waals surface area (Å²) in [5.41, 5.74) is 6.43. The van der Waals surface area contributed by atoms with E-state index in [1.807, 2.05) is 0 Å². The number of aliphatic hydroxyl groups is 2. The maximum atomic E-state index is 10.2. The molecule has 4 atom stereocenters. The number of rotatable bonds is 4. The summed E-state index contributed by atoms with van der Waals surface area (Å²) in [5.74, 6) is 0.202. The van der Waals surface area contributed by atoms with Gasteiger partial charge in [-0.3, -0.25) is 9.36 Å². The van der Waals surface area contributed by atoms with E-state index >= 15 is 0 Å². The fraction of sp³-hybridized carbons (Fsp3) is 0.455. The molecule has 1 aliphatic rings. The molecule has 0 saturated carbocycles. The number of aromatic nitrogens is 4. The fourth-order valence-corrected chi connectivity index (χ4v) is 2.29. The summed E-state index contributed by atoms with van der Waals surface area (Å²) >= 11 is 0. The monoisotopic (exact) mass is 297 g/mol. The van der Waals surface area contributed by atoms with E-state index in [2.05, 4.69) is 19.7 Å². The second-order valence-corrected chi connectivity index (χ2v) is 4.56. The summed E-state index contributed by atoms with van der Waals surface area (Å²) in [7, 11) is 0. The molecule has 0 aliphatic carbocycles. The van der Waals surface area contributed by atoms with E-state index in [0.29, 0.717) is 11.2 Å². The second kappa shape index (κ2) is 5.24. The van der Waals surface area contributed by atoms with Gasteiger partial charge >= 0.3 is 0 Å². The van der Waals surface area contributed by atoms with Gasteiger partial charge in [0.25, 0.3) is 6.47 Å². The molecule has 0 spiro atoms. The number of hydrogen-bond acceptors (Lipinski definition) is 9. The maximum Gasteiger partial charge on any atom is 0.293 e. The molecule has 0 radical (unpaired) electrons. The first kappa shape index (κ1) is 13.7. The third-order valence-electron chi connectivity index (χ3n) is 3.33. The van der Waals surface area contributed by atoms with E-state index < -0.39 is 24.5 Å². The molecule has 3 heterocycles. The van der Waals surface area contributed by atoms with Crippen LogP contribution >= 0.6 is 0 Å². The standard InChI is InChI=1S/C11H13N5O5/c12-9-6-10(14-2-13-9)16(3-15-6)11-8(19)7(18)5(21-11)1-20-4-17/h2-5,7-8,11,18-19H,1H2,(H2,12,13,14)/t5-,7-,8-,11-/m1/s1/i4+2. The van der Waals surface area contributed by atoms with Crippen LogP contribution in [0.15, 0.2) is 12.7 Å². The number of nitrogen functional groups attached to an aromatic ring is 1. The summed E-state index contributed by atoms with van der Waals surface area (Å²) in [5, 5.41) is 20.0. The second-order valence-electron chi connectivity index (χ2n) is 4.56. The van der Waals surface area contributed by atoms with Crippen molar-refractivity contribution >= 4 is 23.5 Å². The van der Waals surface area contributed by atoms with E-state index in [-0.39, 0.29) is 18.9 Å². The summed E-state index contributed by atoms with van der Waals surface area (Å²) in [6, 6.07) is 0. The number of carbonyl (C=O) groups excluding carboxylic acids is 1. The zero-order valence-corrected chi connectivity index (χ0v) is 10.7. The highest BCUT2D eigenvalue weighted by atomic mass is 16.7. The molecule has 1 aliphatic heterocycles. The topological polar surface area (TPSA) is 146 Å². The van der Waals surface area contributed by atoms with Crippen LogP contribution in [0, 0.1) is 0 Å². The van der Waals surface area contributed by atoms with Crippen molar-refractivity contribution in [2.75, 3.05) is 12.3 Å². The lowest BCUT2D eigenvalue weighted by molar-refractivity contribution is -0.135. The average molecular weight is 297 g/mol. The predicted octanol–water partition coefficient (Wildman–Crippen LogP) is -1.80. The van der Waals surface area contributed by atoms with Gasteiger partial charge in [-0.1, -0.05) is 0 Å². The summed E-state index contributed by atoms with van der Waals surface area (Å²) in [6.07, 6.45) is -1.53. The molecule has 4 N–H and O–H groups in total. The minimum atomic E-state index is -1.22. The molecule has 0 amide bonds. The van der Waals surface area contributed by atoms with Gasteiger partial charge in [0, 0.05) is 0 Å². The van der Waals surface area contributed by atoms with Crippen LogP contribution in [0.1, 0.15) is 6.23 Å². The lowest BCUT2D eigenvalue weighted by Gasteiger charge is -2.16. The summed E-state index contributed by atoms with van der Waals surface area (Å²) in [6.45, 7) is 0.0817. The molecular weight excluding hydrogens is 284 g/mol. The Morgan fingerprint density at radius 2 is 2.19 bits per heavy atom. The number of nitrogens with two attached hydrogens (primary N) is 1. The Balaban J connectivity index is 1.92. The van der Waals surface area contributed by atoms with Crippen molar-refractivity contribution in [3.05, 3.63) is 12.7 Å². The third kappa shape index (κ3) is 2.18. The third-order valence-corrected chi connectivity index (χ3v) is 3.33. The van der Waals surface area contributed by atoms with Crippen LogP contribution in [0.25, 0.3) is 11.2 Å². The Kier molecular flexibility index (Phi) is 3.41. The van der Waals surface area contributed by atoms with Crippen LogP contribution in [0.2, 0.25) is 0 Å². The highest BCUT2D eigenvalue weighted by molar-refractivity contribution is 5.81. The lowest BCUT2D eigenvalue weighted by Crippen LogP contribution is -2.33. The smallest absolute Gasteiger partial charge is 0.293 e. The molecule has 1 fully saturated rings. The van der Waals surface area contributed by atoms with Crippen molar-refractivity contribution in [3.63, 3.8) is 0 Å². The van der Waals surface area contributed by atoms with Crippen molar-refractivity contribution < 1.29 is 24.5 Å². The van der Waals surface area contributed by atoms with Crippen LogP contribution in [0.3, 0.4) is 0 Å². The number of nitrogens with zero attached hydrogens (tertiary/aromatic N) is 4. The van der Waals surface area contributed by atoms with Crippen LogP contribution in [0.4, 0.5) is 5.82 Å². The van der Waals surface area contributed by atoms with E-state index in [4.69, 9.17) is 10.5 Å². The van der Waals surface area contributed by atoms with Gasteiger partial charge in [-0.25, -0.2) is 15.0 Å². The van der Waals surface area contributed by atoms with E-state index in [9.17, 15) is 15.0 Å². The molecule has 2 aromatic rings. The Hall–Kier alpha value is -2.30. The Morgan fingerprint density at radius 3 is 2.95 bits per heavy atom. The quantitative estimate of drug-likeness (QED) is 0.556. The van der Waals surface area contributed by atoms with Crippen LogP contribution < -0.4 is 5.73 Å². The van der Waals surface area contributed by atoms with Crippen molar-refractivity contribution in [1.82, 2.24) is 19.5 Å². The van der Waals surface area contributed by atoms with Gasteiger partial charge in [0.1, 0.15) is 36.8 Å². The van der Waals surface area contributed by atoms with Gasteiger partial charge < -0.3 is 25.4 Å². The SMILES string of the molecule is Nc1ncnc2c1ncn2[C@@H]1O[C@H](CO[14CH]=O)[C@@H](O)[C@H]1O. The minimum Gasteiger partial charge on any atom is -0.465 e. The number of carbonyl (C=O) groups is 1. The van der Waals surface area contributed by atoms with Crippen molar-refractivity contribution in [2.45, 2.75) is 24.5 Å². The Bertz CT molecular complexity index is 661. The van der Waals surface area contributed by atoms with Gasteiger partial charge in [-0.2, -0.15) is 0 Å². The zero-order valence-electron chi connectivity index (χ0n) is 10.7. The number of anilines is 1. The zero-order chi connectivity index (χ0) is 15.0. The molecule has 112 valence electrons. The highest BCUT2D eigenvalue weighted by Crippen LogP contribution is 2.31. The van der Waals surface area contributed by atoms with Crippen molar-refractivity contribution in [1.29, 1.82) is 0 Å². The Labute approximate surface area is 118 Å². The van der Waals surface area contributed by atoms with Gasteiger partial charge in [0.05, 0.1) is 6.33 Å². The van der Waals surface area contributed by atoms with E-state index in [1.54, 1.807) is 0 Å². The Morgan fingerprint density at radius 1 is 1.38 bits per heavy atom. The van der Waals surface area contributed by atoms with Gasteiger partial charge in [-0.05, 0) is 0 Å². The number of aliphatic hydroxyl groups excluding tert-OH is 2. The lowest BCUT2D eigenvalue weighted by atomic mass is 10.1. The molecular formula is C11H13N5O5. The number of hydrogen-bond donors (Lipinski definition) is 3. The molecule has 3 rings (SSSR count). The van der Waals surface area contributed by atoms with Crippen LogP contribution in [-0.4, -0.2) is 61.1 Å².